The fraction of sp³-hybridized carbons (Fsp3) is 0.0625. The molecule has 0 saturated heterocycles. The van der Waals surface area contributed by atoms with Crippen LogP contribution in [0.25, 0.3) is 0 Å². The highest BCUT2D eigenvalue weighted by atomic mass is 31.1. The smallest absolute Gasteiger partial charge is 0.302 e. The first-order chi connectivity index (χ1) is 17.8. The van der Waals surface area contributed by atoms with Crippen LogP contribution in [0.4, 0.5) is 4.11 Å². The molecule has 1 radical (unpaired) electrons. The minimum Gasteiger partial charge on any atom is -0.302 e. The largest absolute Gasteiger partial charge is 0.341 e. The molecule has 5 aromatic rings. The van der Waals surface area contributed by atoms with Crippen LogP contribution in [-0.4, -0.2) is 21.5 Å². The van der Waals surface area contributed by atoms with Crippen molar-refractivity contribution in [2.45, 2.75) is 0 Å². The van der Waals surface area contributed by atoms with Gasteiger partial charge in [-0.3, -0.25) is 0 Å². The van der Waals surface area contributed by atoms with Gasteiger partial charge in [0.2, 0.25) is 0 Å². The molecule has 0 N–H and O–H groups in total. The van der Waals surface area contributed by atoms with Crippen LogP contribution in [0, 0.1) is 0 Å². The Morgan fingerprint density at radius 2 is 0.833 bits per heavy atom. The van der Waals surface area contributed by atoms with Crippen molar-refractivity contribution in [3.05, 3.63) is 146 Å². The summed E-state index contributed by atoms with van der Waals surface area (Å²) >= 11 is 0. The highest BCUT2D eigenvalue weighted by Crippen LogP contribution is 2.41. The molecule has 0 heterocycles. The zero-order valence-corrected chi connectivity index (χ0v) is 22.8. The molecule has 0 aromatic heterocycles. The van der Waals surface area contributed by atoms with E-state index in [2.05, 4.69) is 103 Å². The maximum absolute atomic E-state index is 16.0. The topological polar surface area (TPSA) is 0 Å². The summed E-state index contributed by atoms with van der Waals surface area (Å²) in [6.07, 6.45) is 2.09. The monoisotopic (exact) mass is 521 g/mol. The van der Waals surface area contributed by atoms with Crippen LogP contribution in [0.1, 0.15) is 0 Å². The number of hydrogen-bond acceptors (Lipinski definition) is 0. The summed E-state index contributed by atoms with van der Waals surface area (Å²) in [6, 6.07) is 50.5. The summed E-state index contributed by atoms with van der Waals surface area (Å²) < 4.78 is 16.0. The van der Waals surface area contributed by atoms with E-state index >= 15 is 4.11 Å². The Morgan fingerprint density at radius 1 is 0.444 bits per heavy atom. The van der Waals surface area contributed by atoms with Gasteiger partial charge in [-0.2, -0.15) is 0 Å². The van der Waals surface area contributed by atoms with E-state index in [1.807, 2.05) is 42.5 Å². The average molecular weight is 522 g/mol. The molecule has 0 bridgehead atoms. The van der Waals surface area contributed by atoms with E-state index < -0.39 is 25.0 Å². The van der Waals surface area contributed by atoms with Gasteiger partial charge in [-0.15, -0.1) is 0 Å². The summed E-state index contributed by atoms with van der Waals surface area (Å²) in [7, 11) is -3.55. The minimum absolute atomic E-state index is 0.502. The van der Waals surface area contributed by atoms with E-state index in [9.17, 15) is 0 Å². The van der Waals surface area contributed by atoms with Crippen LogP contribution in [-0.2, 0) is 0 Å². The first kappa shape index (κ1) is 24.8. The first-order valence-corrected chi connectivity index (χ1v) is 16.6. The van der Waals surface area contributed by atoms with E-state index in [0.29, 0.717) is 0 Å². The summed E-state index contributed by atoms with van der Waals surface area (Å²) in [4.78, 5) is 0. The van der Waals surface area contributed by atoms with Crippen molar-refractivity contribution >= 4 is 56.6 Å². The Bertz CT molecular complexity index is 1310. The number of halogens is 1. The molecule has 0 nitrogen and oxygen atoms in total. The lowest BCUT2D eigenvalue weighted by Crippen LogP contribution is -2.46. The second-order valence-corrected chi connectivity index (χ2v) is 14.9. The molecule has 5 aromatic carbocycles. The predicted molar refractivity (Wildman–Crippen MR) is 160 cm³/mol. The molecule has 0 aliphatic carbocycles. The van der Waals surface area contributed by atoms with Gasteiger partial charge in [-0.05, 0) is 59.8 Å². The standard InChI is InChI=1S/C32H28FP2Si/c33-36(30-21-11-4-12-22-30)32-24-14-13-23-31(32)35(29-19-9-3-10-20-29)26-25-34(27-15-5-1-6-16-27)28-17-7-2-8-18-28/h1-24H,25-26H2. The molecule has 0 amide bonds. The van der Waals surface area contributed by atoms with E-state index in [4.69, 9.17) is 0 Å². The normalized spacial score (nSPS) is 12.1. The van der Waals surface area contributed by atoms with E-state index in [1.54, 1.807) is 0 Å². The maximum Gasteiger partial charge on any atom is 0.341 e. The predicted octanol–water partition coefficient (Wildman–Crippen LogP) is 5.33. The Morgan fingerprint density at radius 3 is 1.36 bits per heavy atom. The van der Waals surface area contributed by atoms with Gasteiger partial charge in [0.15, 0.2) is 0 Å². The van der Waals surface area contributed by atoms with Gasteiger partial charge in [0.05, 0.1) is 0 Å². The van der Waals surface area contributed by atoms with Gasteiger partial charge in [0, 0.05) is 0 Å². The quantitative estimate of drug-likeness (QED) is 0.140. The molecular formula is C32H28FP2Si. The van der Waals surface area contributed by atoms with Crippen LogP contribution in [0.3, 0.4) is 0 Å². The third kappa shape index (κ3) is 5.90. The second kappa shape index (κ2) is 12.4. The van der Waals surface area contributed by atoms with Gasteiger partial charge in [0.1, 0.15) is 0 Å². The Balaban J connectivity index is 1.52. The first-order valence-electron chi connectivity index (χ1n) is 12.2. The summed E-state index contributed by atoms with van der Waals surface area (Å²) in [6.45, 7) is 0. The molecule has 0 saturated carbocycles. The zero-order valence-electron chi connectivity index (χ0n) is 20.0. The van der Waals surface area contributed by atoms with E-state index in [1.165, 1.54) is 21.2 Å². The van der Waals surface area contributed by atoms with Crippen molar-refractivity contribution in [1.82, 2.24) is 0 Å². The molecule has 177 valence electrons. The van der Waals surface area contributed by atoms with Gasteiger partial charge in [0.25, 0.3) is 0 Å². The van der Waals surface area contributed by atoms with Crippen LogP contribution in [0.15, 0.2) is 146 Å². The fourth-order valence-electron chi connectivity index (χ4n) is 4.45. The van der Waals surface area contributed by atoms with Crippen LogP contribution in [0.5, 0.6) is 0 Å². The lowest BCUT2D eigenvalue weighted by atomic mass is 10.4. The van der Waals surface area contributed by atoms with E-state index in [0.717, 1.165) is 22.7 Å². The van der Waals surface area contributed by atoms with Gasteiger partial charge < -0.3 is 4.11 Å². The molecule has 1 unspecified atom stereocenters. The maximum atomic E-state index is 16.0. The van der Waals surface area contributed by atoms with Gasteiger partial charge >= 0.3 is 9.13 Å². The Labute approximate surface area is 218 Å². The molecule has 0 spiro atoms. The Kier molecular flexibility index (Phi) is 8.52. The minimum atomic E-state index is -2.35. The van der Waals surface area contributed by atoms with Crippen molar-refractivity contribution < 1.29 is 4.11 Å². The molecule has 0 aliphatic heterocycles. The molecule has 0 fully saturated rings. The third-order valence-electron chi connectivity index (χ3n) is 6.21. The zero-order chi connectivity index (χ0) is 24.6. The lowest BCUT2D eigenvalue weighted by molar-refractivity contribution is 0.865. The molecule has 4 heteroatoms. The van der Waals surface area contributed by atoms with Crippen molar-refractivity contribution in [1.29, 1.82) is 0 Å². The van der Waals surface area contributed by atoms with Crippen molar-refractivity contribution in [2.75, 3.05) is 12.3 Å². The molecule has 0 aliphatic rings. The summed E-state index contributed by atoms with van der Waals surface area (Å²) in [5, 5.41) is 7.01. The lowest BCUT2D eigenvalue weighted by Gasteiger charge is -2.26. The SMILES string of the molecule is F[Si](c1ccccc1)c1ccccc1P(CCP(c1ccccc1)c1ccccc1)c1ccccc1. The van der Waals surface area contributed by atoms with Crippen molar-refractivity contribution in [2.24, 2.45) is 0 Å². The fourth-order valence-corrected chi connectivity index (χ4v) is 11.9. The number of hydrogen-bond donors (Lipinski definition) is 0. The summed E-state index contributed by atoms with van der Waals surface area (Å²) in [5.41, 5.74) is 0. The molecule has 36 heavy (non-hydrogen) atoms. The highest BCUT2D eigenvalue weighted by Gasteiger charge is 2.26. The van der Waals surface area contributed by atoms with Crippen molar-refractivity contribution in [3.8, 4) is 0 Å². The van der Waals surface area contributed by atoms with Crippen LogP contribution in [0.2, 0.25) is 0 Å². The average Bonchev–Trinajstić information content (AvgIpc) is 2.97. The molecule has 1 atom stereocenters. The third-order valence-corrected chi connectivity index (χ3v) is 13.6. The van der Waals surface area contributed by atoms with Crippen LogP contribution >= 0.6 is 15.8 Å². The van der Waals surface area contributed by atoms with Crippen molar-refractivity contribution in [3.63, 3.8) is 0 Å². The molecular weight excluding hydrogens is 493 g/mol. The second-order valence-electron chi connectivity index (χ2n) is 8.51. The highest BCUT2D eigenvalue weighted by molar-refractivity contribution is 7.77. The summed E-state index contributed by atoms with van der Waals surface area (Å²) in [5.74, 6) is 0. The van der Waals surface area contributed by atoms with Gasteiger partial charge in [-0.25, -0.2) is 0 Å². The van der Waals surface area contributed by atoms with Crippen LogP contribution < -0.4 is 31.6 Å². The number of rotatable bonds is 9. The Hall–Kier alpha value is -2.89. The van der Waals surface area contributed by atoms with Gasteiger partial charge in [-0.1, -0.05) is 146 Å². The molecule has 5 rings (SSSR count). The van der Waals surface area contributed by atoms with E-state index in [-0.39, 0.29) is 0 Å². The number of benzene rings is 5.